The van der Waals surface area contributed by atoms with Gasteiger partial charge in [-0.15, -0.1) is 0 Å². The van der Waals surface area contributed by atoms with Gasteiger partial charge >= 0.3 is 0 Å². The van der Waals surface area contributed by atoms with Gasteiger partial charge in [0.15, 0.2) is 0 Å². The summed E-state index contributed by atoms with van der Waals surface area (Å²) in [7, 11) is 0. The minimum absolute atomic E-state index is 0.816. The van der Waals surface area contributed by atoms with Gasteiger partial charge in [0.25, 0.3) is 0 Å². The molecule has 1 fully saturated rings. The van der Waals surface area contributed by atoms with Crippen LogP contribution in [0, 0.1) is 12.8 Å². The number of rotatable bonds is 5. The summed E-state index contributed by atoms with van der Waals surface area (Å²) in [5, 5.41) is 0. The average molecular weight is 324 g/mol. The fraction of sp³-hybridized carbons (Fsp3) is 0.500. The number of hydrogen-bond donors (Lipinski definition) is 0. The SMILES string of the molecule is CCN(Cc1ccccc1)c1cc(C)nc(N2CCC(C)CC2)n1. The van der Waals surface area contributed by atoms with Gasteiger partial charge in [-0.1, -0.05) is 37.3 Å². The van der Waals surface area contributed by atoms with Crippen molar-refractivity contribution in [1.82, 2.24) is 9.97 Å². The van der Waals surface area contributed by atoms with Gasteiger partial charge in [0.1, 0.15) is 5.82 Å². The maximum atomic E-state index is 4.89. The summed E-state index contributed by atoms with van der Waals surface area (Å²) in [6.45, 7) is 10.5. The number of aryl methyl sites for hydroxylation is 1. The Labute approximate surface area is 145 Å². The van der Waals surface area contributed by atoms with Crippen molar-refractivity contribution in [2.75, 3.05) is 29.4 Å². The Balaban J connectivity index is 1.81. The monoisotopic (exact) mass is 324 g/mol. The van der Waals surface area contributed by atoms with Crippen molar-refractivity contribution in [1.29, 1.82) is 0 Å². The van der Waals surface area contributed by atoms with Gasteiger partial charge in [-0.2, -0.15) is 4.98 Å². The first-order chi connectivity index (χ1) is 11.7. The molecule has 0 saturated carbocycles. The van der Waals surface area contributed by atoms with Crippen LogP contribution in [0.3, 0.4) is 0 Å². The molecule has 2 heterocycles. The molecule has 0 atom stereocenters. The van der Waals surface area contributed by atoms with Crippen LogP contribution in [0.2, 0.25) is 0 Å². The molecule has 1 aliphatic rings. The molecule has 1 saturated heterocycles. The van der Waals surface area contributed by atoms with Crippen LogP contribution >= 0.6 is 0 Å². The van der Waals surface area contributed by atoms with Crippen LogP contribution in [0.4, 0.5) is 11.8 Å². The maximum absolute atomic E-state index is 4.89. The zero-order valence-corrected chi connectivity index (χ0v) is 15.1. The third kappa shape index (κ3) is 4.05. The van der Waals surface area contributed by atoms with Crippen molar-refractivity contribution >= 4 is 11.8 Å². The number of nitrogens with zero attached hydrogens (tertiary/aromatic N) is 4. The zero-order valence-electron chi connectivity index (χ0n) is 15.1. The molecule has 1 aromatic carbocycles. The van der Waals surface area contributed by atoms with Crippen molar-refractivity contribution in [2.45, 2.75) is 40.2 Å². The summed E-state index contributed by atoms with van der Waals surface area (Å²) in [5.74, 6) is 2.74. The molecule has 0 spiro atoms. The van der Waals surface area contributed by atoms with E-state index in [1.54, 1.807) is 0 Å². The quantitative estimate of drug-likeness (QED) is 0.830. The summed E-state index contributed by atoms with van der Waals surface area (Å²) in [5.41, 5.74) is 2.35. The van der Waals surface area contributed by atoms with Crippen LogP contribution in [-0.4, -0.2) is 29.6 Å². The average Bonchev–Trinajstić information content (AvgIpc) is 2.60. The largest absolute Gasteiger partial charge is 0.352 e. The van der Waals surface area contributed by atoms with Crippen molar-refractivity contribution < 1.29 is 0 Å². The lowest BCUT2D eigenvalue weighted by molar-refractivity contribution is 0.434. The molecule has 0 amide bonds. The van der Waals surface area contributed by atoms with Crippen LogP contribution < -0.4 is 9.80 Å². The topological polar surface area (TPSA) is 32.3 Å². The fourth-order valence-corrected chi connectivity index (χ4v) is 3.21. The first-order valence-electron chi connectivity index (χ1n) is 9.05. The molecule has 24 heavy (non-hydrogen) atoms. The Bertz CT molecular complexity index is 648. The Kier molecular flexibility index (Phi) is 5.34. The Morgan fingerprint density at radius 2 is 1.83 bits per heavy atom. The van der Waals surface area contributed by atoms with Crippen molar-refractivity contribution in [2.24, 2.45) is 5.92 Å². The van der Waals surface area contributed by atoms with E-state index in [2.05, 4.69) is 67.0 Å². The summed E-state index contributed by atoms with van der Waals surface area (Å²) in [6.07, 6.45) is 2.46. The highest BCUT2D eigenvalue weighted by Crippen LogP contribution is 2.23. The second-order valence-corrected chi connectivity index (χ2v) is 6.84. The molecular formula is C20H28N4. The molecule has 0 radical (unpaired) electrons. The predicted octanol–water partition coefficient (Wildman–Crippen LogP) is 4.05. The number of piperidine rings is 1. The van der Waals surface area contributed by atoms with Crippen molar-refractivity contribution in [3.63, 3.8) is 0 Å². The van der Waals surface area contributed by atoms with Crippen LogP contribution in [0.5, 0.6) is 0 Å². The second kappa shape index (κ2) is 7.65. The van der Waals surface area contributed by atoms with E-state index in [0.29, 0.717) is 0 Å². The fourth-order valence-electron chi connectivity index (χ4n) is 3.21. The highest BCUT2D eigenvalue weighted by Gasteiger charge is 2.19. The molecule has 1 aromatic heterocycles. The summed E-state index contributed by atoms with van der Waals surface area (Å²) < 4.78 is 0. The van der Waals surface area contributed by atoms with Gasteiger partial charge in [0.05, 0.1) is 0 Å². The van der Waals surface area contributed by atoms with E-state index < -0.39 is 0 Å². The van der Waals surface area contributed by atoms with E-state index >= 15 is 0 Å². The first kappa shape index (κ1) is 16.7. The summed E-state index contributed by atoms with van der Waals surface area (Å²) in [4.78, 5) is 14.2. The molecule has 4 nitrogen and oxygen atoms in total. The van der Waals surface area contributed by atoms with E-state index in [1.165, 1.54) is 18.4 Å². The third-order valence-electron chi connectivity index (χ3n) is 4.82. The van der Waals surface area contributed by atoms with Crippen LogP contribution in [0.1, 0.15) is 37.9 Å². The molecule has 3 rings (SSSR count). The van der Waals surface area contributed by atoms with Gasteiger partial charge in [0, 0.05) is 37.9 Å². The van der Waals surface area contributed by atoms with Crippen LogP contribution in [0.15, 0.2) is 36.4 Å². The lowest BCUT2D eigenvalue weighted by atomic mass is 10.00. The van der Waals surface area contributed by atoms with Gasteiger partial charge in [-0.25, -0.2) is 4.98 Å². The highest BCUT2D eigenvalue weighted by molar-refractivity contribution is 5.46. The zero-order chi connectivity index (χ0) is 16.9. The Hall–Kier alpha value is -2.10. The second-order valence-electron chi connectivity index (χ2n) is 6.84. The van der Waals surface area contributed by atoms with Gasteiger partial charge < -0.3 is 9.80 Å². The lowest BCUT2D eigenvalue weighted by Gasteiger charge is -2.31. The molecule has 4 heteroatoms. The number of aromatic nitrogens is 2. The minimum Gasteiger partial charge on any atom is -0.352 e. The molecule has 0 N–H and O–H groups in total. The van der Waals surface area contributed by atoms with E-state index in [1.807, 2.05) is 0 Å². The van der Waals surface area contributed by atoms with Crippen molar-refractivity contribution in [3.8, 4) is 0 Å². The van der Waals surface area contributed by atoms with Crippen LogP contribution in [0.25, 0.3) is 0 Å². The number of benzene rings is 1. The predicted molar refractivity (Wildman–Crippen MR) is 101 cm³/mol. The van der Waals surface area contributed by atoms with E-state index in [0.717, 1.165) is 49.6 Å². The van der Waals surface area contributed by atoms with Crippen molar-refractivity contribution in [3.05, 3.63) is 47.7 Å². The van der Waals surface area contributed by atoms with Gasteiger partial charge in [0.2, 0.25) is 5.95 Å². The maximum Gasteiger partial charge on any atom is 0.227 e. The smallest absolute Gasteiger partial charge is 0.227 e. The normalized spacial score (nSPS) is 15.5. The minimum atomic E-state index is 0.816. The molecule has 0 aliphatic carbocycles. The number of hydrogen-bond acceptors (Lipinski definition) is 4. The van der Waals surface area contributed by atoms with E-state index in [-0.39, 0.29) is 0 Å². The summed E-state index contributed by atoms with van der Waals surface area (Å²) >= 11 is 0. The molecular weight excluding hydrogens is 296 g/mol. The number of anilines is 2. The lowest BCUT2D eigenvalue weighted by Crippen LogP contribution is -2.34. The van der Waals surface area contributed by atoms with E-state index in [9.17, 15) is 0 Å². The van der Waals surface area contributed by atoms with Crippen LogP contribution in [-0.2, 0) is 6.54 Å². The van der Waals surface area contributed by atoms with Gasteiger partial charge in [-0.05, 0) is 38.2 Å². The summed E-state index contributed by atoms with van der Waals surface area (Å²) in [6, 6.07) is 12.7. The molecule has 2 aromatic rings. The molecule has 128 valence electrons. The standard InChI is InChI=1S/C20H28N4/c1-4-23(15-18-8-6-5-7-9-18)19-14-17(3)21-20(22-19)24-12-10-16(2)11-13-24/h5-9,14,16H,4,10-13,15H2,1-3H3. The molecule has 0 bridgehead atoms. The van der Waals surface area contributed by atoms with E-state index in [4.69, 9.17) is 9.97 Å². The molecule has 0 unspecified atom stereocenters. The third-order valence-corrected chi connectivity index (χ3v) is 4.82. The van der Waals surface area contributed by atoms with Gasteiger partial charge in [-0.3, -0.25) is 0 Å². The molecule has 1 aliphatic heterocycles. The Morgan fingerprint density at radius 1 is 1.12 bits per heavy atom. The highest BCUT2D eigenvalue weighted by atomic mass is 15.3. The Morgan fingerprint density at radius 3 is 2.50 bits per heavy atom. The first-order valence-corrected chi connectivity index (χ1v) is 9.05.